The number of rotatable bonds is 4. The summed E-state index contributed by atoms with van der Waals surface area (Å²) in [6, 6.07) is 9.64. The minimum absolute atomic E-state index is 0.0362. The van der Waals surface area contributed by atoms with E-state index in [9.17, 15) is 14.4 Å². The molecule has 6 heterocycles. The molecule has 1 fully saturated rings. The Morgan fingerprint density at radius 3 is 2.92 bits per heavy atom. The molecule has 2 atom stereocenters. The number of amides is 3. The van der Waals surface area contributed by atoms with Gasteiger partial charge in [-0.2, -0.15) is 0 Å². The summed E-state index contributed by atoms with van der Waals surface area (Å²) >= 11 is 1.39. The molecule has 1 aromatic carbocycles. The van der Waals surface area contributed by atoms with Crippen molar-refractivity contribution in [1.29, 1.82) is 0 Å². The Kier molecular flexibility index (Phi) is 7.38. The van der Waals surface area contributed by atoms with Crippen LogP contribution in [0.2, 0.25) is 0 Å². The van der Waals surface area contributed by atoms with Gasteiger partial charge in [0.25, 0.3) is 5.91 Å². The maximum atomic E-state index is 13.3. The maximum Gasteiger partial charge on any atom is 0.273 e. The van der Waals surface area contributed by atoms with E-state index in [2.05, 4.69) is 15.3 Å². The number of hydrogen-bond donors (Lipinski definition) is 1. The van der Waals surface area contributed by atoms with Crippen LogP contribution in [0.1, 0.15) is 40.4 Å². The molecule has 3 aromatic rings. The number of fused-ring (bicyclic) bond motifs is 9. The second kappa shape index (κ2) is 11.2. The van der Waals surface area contributed by atoms with E-state index in [4.69, 9.17) is 9.47 Å². The van der Waals surface area contributed by atoms with Crippen molar-refractivity contribution in [3.05, 3.63) is 70.4 Å². The fourth-order valence-electron chi connectivity index (χ4n) is 5.89. The molecule has 208 valence electrons. The number of nitrogens with one attached hydrogen (secondary N) is 1. The van der Waals surface area contributed by atoms with E-state index >= 15 is 0 Å². The average molecular weight is 562 g/mol. The molecule has 2 aromatic heterocycles. The van der Waals surface area contributed by atoms with Gasteiger partial charge in [0.2, 0.25) is 11.8 Å². The van der Waals surface area contributed by atoms with E-state index < -0.39 is 5.41 Å². The first-order valence-corrected chi connectivity index (χ1v) is 14.5. The zero-order chi connectivity index (χ0) is 27.5. The Hall–Kier alpha value is -3.99. The molecule has 1 N–H and O–H groups in total. The summed E-state index contributed by atoms with van der Waals surface area (Å²) in [6.07, 6.45) is 4.87. The van der Waals surface area contributed by atoms with Gasteiger partial charge in [-0.15, -0.1) is 11.3 Å². The lowest BCUT2D eigenvalue weighted by molar-refractivity contribution is -0.136. The Bertz CT molecular complexity index is 1380. The largest absolute Gasteiger partial charge is 0.490 e. The number of aromatic nitrogens is 2. The second-order valence-corrected chi connectivity index (χ2v) is 11.3. The quantitative estimate of drug-likeness (QED) is 0.521. The van der Waals surface area contributed by atoms with Crippen LogP contribution in [0.5, 0.6) is 11.5 Å². The van der Waals surface area contributed by atoms with Crippen LogP contribution in [0.3, 0.4) is 0 Å². The number of aryl methyl sites for hydroxylation is 1. The summed E-state index contributed by atoms with van der Waals surface area (Å²) in [7, 11) is 0. The summed E-state index contributed by atoms with van der Waals surface area (Å²) < 4.78 is 12.4. The lowest BCUT2D eigenvalue weighted by Gasteiger charge is -2.40. The highest BCUT2D eigenvalue weighted by Gasteiger charge is 2.53. The number of carbonyl (C=O) groups excluding carboxylic acids is 3. The average Bonchev–Trinajstić information content (AvgIpc) is 3.65. The first kappa shape index (κ1) is 26.2. The van der Waals surface area contributed by atoms with Gasteiger partial charge in [-0.1, -0.05) is 18.2 Å². The molecule has 7 rings (SSSR count). The normalized spacial score (nSPS) is 22.5. The lowest BCUT2D eigenvalue weighted by Crippen LogP contribution is -2.50. The van der Waals surface area contributed by atoms with Crippen molar-refractivity contribution in [2.75, 3.05) is 45.9 Å². The number of pyridine rings is 1. The van der Waals surface area contributed by atoms with Crippen molar-refractivity contribution in [2.45, 2.75) is 25.2 Å². The number of hydrogen-bond acceptors (Lipinski definition) is 8. The fraction of sp³-hybridized carbons (Fsp3) is 0.414. The number of thiazole rings is 1. The van der Waals surface area contributed by atoms with Gasteiger partial charge in [-0.25, -0.2) is 4.98 Å². The van der Waals surface area contributed by atoms with Crippen molar-refractivity contribution in [2.24, 2.45) is 5.41 Å². The topological polar surface area (TPSA) is 114 Å². The molecular weight excluding hydrogens is 530 g/mol. The van der Waals surface area contributed by atoms with Crippen LogP contribution < -0.4 is 14.8 Å². The Morgan fingerprint density at radius 1 is 1.18 bits per heavy atom. The highest BCUT2D eigenvalue weighted by molar-refractivity contribution is 7.07. The lowest BCUT2D eigenvalue weighted by atomic mass is 9.73. The van der Waals surface area contributed by atoms with E-state index in [1.807, 2.05) is 35.2 Å². The number of likely N-dealkylation sites (tertiary alicyclic amines) is 1. The molecule has 0 unspecified atom stereocenters. The van der Waals surface area contributed by atoms with Gasteiger partial charge < -0.3 is 24.6 Å². The zero-order valence-corrected chi connectivity index (χ0v) is 22.9. The van der Waals surface area contributed by atoms with Gasteiger partial charge in [0.15, 0.2) is 11.5 Å². The van der Waals surface area contributed by atoms with E-state index in [0.717, 1.165) is 11.1 Å². The molecule has 11 heteroatoms. The molecule has 4 aliphatic heterocycles. The molecule has 0 saturated carbocycles. The molecule has 1 saturated heterocycles. The monoisotopic (exact) mass is 561 g/mol. The van der Waals surface area contributed by atoms with E-state index in [-0.39, 0.29) is 30.2 Å². The SMILES string of the molecule is O=C1CN(C(=O)CCc2cccnc2)CCCOc2cccc3c2OC[C@@]2(CN1)CN(C(=O)c1cscn1)C[C@@H]32. The number of nitrogens with zero attached hydrogens (tertiary/aromatic N) is 4. The highest BCUT2D eigenvalue weighted by atomic mass is 32.1. The molecule has 40 heavy (non-hydrogen) atoms. The summed E-state index contributed by atoms with van der Waals surface area (Å²) in [5.74, 6) is 0.855. The smallest absolute Gasteiger partial charge is 0.273 e. The molecule has 0 radical (unpaired) electrons. The van der Waals surface area contributed by atoms with Gasteiger partial charge in [0, 0.05) is 67.3 Å². The molecular formula is C29H31N5O5S. The molecule has 1 spiro atoms. The number of para-hydroxylation sites is 1. The van der Waals surface area contributed by atoms with Crippen molar-refractivity contribution >= 4 is 29.1 Å². The highest BCUT2D eigenvalue weighted by Crippen LogP contribution is 2.52. The van der Waals surface area contributed by atoms with E-state index in [0.29, 0.717) is 75.8 Å². The molecule has 4 bridgehead atoms. The van der Waals surface area contributed by atoms with Gasteiger partial charge in [0.1, 0.15) is 5.69 Å². The Labute approximate surface area is 236 Å². The van der Waals surface area contributed by atoms with Crippen LogP contribution >= 0.6 is 11.3 Å². The van der Waals surface area contributed by atoms with Crippen LogP contribution in [0.4, 0.5) is 0 Å². The second-order valence-electron chi connectivity index (χ2n) is 10.6. The minimum Gasteiger partial charge on any atom is -0.490 e. The third kappa shape index (κ3) is 5.25. The van der Waals surface area contributed by atoms with Crippen LogP contribution in [0.25, 0.3) is 0 Å². The van der Waals surface area contributed by atoms with Crippen molar-refractivity contribution in [3.8, 4) is 11.5 Å². The molecule has 4 aliphatic rings. The van der Waals surface area contributed by atoms with Crippen molar-refractivity contribution in [1.82, 2.24) is 25.1 Å². The first-order valence-electron chi connectivity index (χ1n) is 13.5. The van der Waals surface area contributed by atoms with Crippen LogP contribution in [-0.4, -0.2) is 83.4 Å². The predicted molar refractivity (Wildman–Crippen MR) is 147 cm³/mol. The van der Waals surface area contributed by atoms with Gasteiger partial charge in [-0.3, -0.25) is 19.4 Å². The standard InChI is InChI=1S/C29H31N5O5S/c35-25-14-33(26(36)8-7-20-4-2-9-30-12-20)10-3-11-38-24-6-1-5-21-22-13-34(28(37)23-15-40-19-32-23)17-29(22,16-31-25)18-39-27(21)24/h1-2,4-6,9,12,15,19,22H,3,7-8,10-11,13-14,16-18H2,(H,31,35)/t22-,29+/m0/s1. The summed E-state index contributed by atoms with van der Waals surface area (Å²) in [5.41, 5.74) is 3.51. The predicted octanol–water partition coefficient (Wildman–Crippen LogP) is 2.52. The summed E-state index contributed by atoms with van der Waals surface area (Å²) in [4.78, 5) is 51.4. The zero-order valence-electron chi connectivity index (χ0n) is 22.1. The molecule has 3 amide bonds. The van der Waals surface area contributed by atoms with Gasteiger partial charge in [0.05, 0.1) is 25.3 Å². The Balaban J connectivity index is 1.23. The summed E-state index contributed by atoms with van der Waals surface area (Å²) in [5, 5.41) is 4.84. The van der Waals surface area contributed by atoms with E-state index in [1.165, 1.54) is 11.3 Å². The number of benzene rings is 1. The first-order chi connectivity index (χ1) is 19.5. The number of ether oxygens (including phenoxy) is 2. The van der Waals surface area contributed by atoms with Gasteiger partial charge >= 0.3 is 0 Å². The minimum atomic E-state index is -0.522. The fourth-order valence-corrected chi connectivity index (χ4v) is 6.41. The van der Waals surface area contributed by atoms with Gasteiger partial charge in [-0.05, 0) is 30.5 Å². The summed E-state index contributed by atoms with van der Waals surface area (Å²) in [6.45, 7) is 2.31. The Morgan fingerprint density at radius 2 is 2.10 bits per heavy atom. The number of carbonyl (C=O) groups is 3. The third-order valence-electron chi connectivity index (χ3n) is 7.98. The third-order valence-corrected chi connectivity index (χ3v) is 8.57. The van der Waals surface area contributed by atoms with Crippen LogP contribution in [0.15, 0.2) is 53.6 Å². The van der Waals surface area contributed by atoms with Crippen LogP contribution in [-0.2, 0) is 16.0 Å². The maximum absolute atomic E-state index is 13.3. The van der Waals surface area contributed by atoms with E-state index in [1.54, 1.807) is 28.2 Å². The molecule has 0 aliphatic carbocycles. The van der Waals surface area contributed by atoms with Crippen LogP contribution in [0, 0.1) is 5.41 Å². The van der Waals surface area contributed by atoms with Crippen molar-refractivity contribution in [3.63, 3.8) is 0 Å². The van der Waals surface area contributed by atoms with Crippen molar-refractivity contribution < 1.29 is 23.9 Å². The molecule has 10 nitrogen and oxygen atoms in total.